The van der Waals surface area contributed by atoms with Crippen LogP contribution < -0.4 is 10.6 Å². The molecule has 0 aromatic heterocycles. The van der Waals surface area contributed by atoms with Crippen molar-refractivity contribution < 1.29 is 9.53 Å². The second-order valence-corrected chi connectivity index (χ2v) is 3.69. The first-order valence-corrected chi connectivity index (χ1v) is 5.74. The maximum Gasteiger partial charge on any atom is 0.236 e. The molecule has 0 aromatic carbocycles. The van der Waals surface area contributed by atoms with Gasteiger partial charge in [-0.05, 0) is 27.2 Å². The first kappa shape index (κ1) is 14.4. The van der Waals surface area contributed by atoms with Gasteiger partial charge in [0.25, 0.3) is 0 Å². The molecule has 1 amide bonds. The first-order chi connectivity index (χ1) is 7.11. The summed E-state index contributed by atoms with van der Waals surface area (Å²) in [4.78, 5) is 11.5. The summed E-state index contributed by atoms with van der Waals surface area (Å²) in [6.07, 6.45) is 1.12. The summed E-state index contributed by atoms with van der Waals surface area (Å²) in [5.74, 6) is 0.0561. The Hall–Kier alpha value is -0.610. The molecular weight excluding hydrogens is 192 g/mol. The Kier molecular flexibility index (Phi) is 8.33. The quantitative estimate of drug-likeness (QED) is 0.634. The number of hydrogen-bond donors (Lipinski definition) is 2. The van der Waals surface area contributed by atoms with E-state index >= 15 is 0 Å². The molecule has 0 fully saturated rings. The van der Waals surface area contributed by atoms with Crippen LogP contribution in [0.5, 0.6) is 0 Å². The molecule has 0 saturated heterocycles. The van der Waals surface area contributed by atoms with Crippen molar-refractivity contribution in [1.82, 2.24) is 10.6 Å². The van der Waals surface area contributed by atoms with Crippen LogP contribution >= 0.6 is 0 Å². The fraction of sp³-hybridized carbons (Fsp3) is 0.909. The zero-order valence-corrected chi connectivity index (χ0v) is 10.3. The van der Waals surface area contributed by atoms with Crippen LogP contribution in [0.2, 0.25) is 0 Å². The van der Waals surface area contributed by atoms with Crippen LogP contribution in [-0.4, -0.2) is 37.7 Å². The summed E-state index contributed by atoms with van der Waals surface area (Å²) in [5.41, 5.74) is 0. The van der Waals surface area contributed by atoms with Crippen LogP contribution in [-0.2, 0) is 9.53 Å². The highest BCUT2D eigenvalue weighted by Gasteiger charge is 2.12. The van der Waals surface area contributed by atoms with E-state index < -0.39 is 0 Å². The molecule has 2 atom stereocenters. The molecular formula is C11H24N2O2. The van der Waals surface area contributed by atoms with Crippen molar-refractivity contribution in [2.24, 2.45) is 0 Å². The minimum atomic E-state index is -0.153. The van der Waals surface area contributed by atoms with Gasteiger partial charge in [0.1, 0.15) is 0 Å². The third-order valence-corrected chi connectivity index (χ3v) is 2.11. The Morgan fingerprint density at radius 2 is 2.00 bits per heavy atom. The summed E-state index contributed by atoms with van der Waals surface area (Å²) in [6.45, 7) is 10.0. The largest absolute Gasteiger partial charge is 0.377 e. The minimum absolute atomic E-state index is 0.0561. The van der Waals surface area contributed by atoms with Crippen LogP contribution in [0.1, 0.15) is 34.1 Å². The molecule has 90 valence electrons. The molecule has 4 nitrogen and oxygen atoms in total. The molecule has 2 N–H and O–H groups in total. The molecule has 0 bridgehead atoms. The molecule has 0 aromatic rings. The predicted molar refractivity (Wildman–Crippen MR) is 61.9 cm³/mol. The van der Waals surface area contributed by atoms with Crippen molar-refractivity contribution in [2.75, 3.05) is 19.7 Å². The van der Waals surface area contributed by atoms with Gasteiger partial charge in [0.15, 0.2) is 0 Å². The van der Waals surface area contributed by atoms with Gasteiger partial charge in [0, 0.05) is 19.7 Å². The molecule has 0 radical (unpaired) electrons. The third kappa shape index (κ3) is 7.33. The molecule has 0 aliphatic heterocycles. The Balaban J connectivity index is 3.62. The smallest absolute Gasteiger partial charge is 0.236 e. The molecule has 2 unspecified atom stereocenters. The number of carbonyl (C=O) groups is 1. The Bertz CT molecular complexity index is 174. The summed E-state index contributed by atoms with van der Waals surface area (Å²) in [7, 11) is 0. The van der Waals surface area contributed by atoms with Gasteiger partial charge in [-0.3, -0.25) is 4.79 Å². The molecule has 0 heterocycles. The highest BCUT2D eigenvalue weighted by molar-refractivity contribution is 5.81. The van der Waals surface area contributed by atoms with E-state index in [9.17, 15) is 4.79 Å². The predicted octanol–water partition coefficient (Wildman–Crippen LogP) is 0.916. The van der Waals surface area contributed by atoms with Crippen LogP contribution in [0.4, 0.5) is 0 Å². The van der Waals surface area contributed by atoms with Gasteiger partial charge < -0.3 is 15.4 Å². The van der Waals surface area contributed by atoms with Gasteiger partial charge in [-0.15, -0.1) is 0 Å². The lowest BCUT2D eigenvalue weighted by Gasteiger charge is -2.17. The molecule has 0 aliphatic rings. The molecule has 0 rings (SSSR count). The number of rotatable bonds is 8. The fourth-order valence-corrected chi connectivity index (χ4v) is 1.18. The topological polar surface area (TPSA) is 50.4 Å². The van der Waals surface area contributed by atoms with E-state index in [-0.39, 0.29) is 18.1 Å². The number of nitrogens with one attached hydrogen (secondary N) is 2. The average Bonchev–Trinajstić information content (AvgIpc) is 2.22. The van der Waals surface area contributed by atoms with Gasteiger partial charge in [0.2, 0.25) is 5.91 Å². The minimum Gasteiger partial charge on any atom is -0.377 e. The van der Waals surface area contributed by atoms with Gasteiger partial charge in [-0.1, -0.05) is 6.92 Å². The van der Waals surface area contributed by atoms with Crippen LogP contribution in [0, 0.1) is 0 Å². The summed E-state index contributed by atoms with van der Waals surface area (Å²) in [5, 5.41) is 5.98. The van der Waals surface area contributed by atoms with Gasteiger partial charge >= 0.3 is 0 Å². The second-order valence-electron chi connectivity index (χ2n) is 3.69. The lowest BCUT2D eigenvalue weighted by molar-refractivity contribution is -0.122. The Labute approximate surface area is 92.8 Å². The number of carbonyl (C=O) groups excluding carboxylic acids is 1. The molecule has 0 saturated carbocycles. The Morgan fingerprint density at radius 3 is 2.53 bits per heavy atom. The average molecular weight is 216 g/mol. The van der Waals surface area contributed by atoms with E-state index in [1.165, 1.54) is 0 Å². The maximum atomic E-state index is 11.5. The fourth-order valence-electron chi connectivity index (χ4n) is 1.18. The van der Waals surface area contributed by atoms with Crippen LogP contribution in [0.3, 0.4) is 0 Å². The van der Waals surface area contributed by atoms with Gasteiger partial charge in [0.05, 0.1) is 12.1 Å². The molecule has 15 heavy (non-hydrogen) atoms. The number of amides is 1. The summed E-state index contributed by atoms with van der Waals surface area (Å²) >= 11 is 0. The molecule has 4 heteroatoms. The number of ether oxygens (including phenoxy) is 1. The normalized spacial score (nSPS) is 14.7. The van der Waals surface area contributed by atoms with Crippen molar-refractivity contribution in [2.45, 2.75) is 46.3 Å². The zero-order valence-electron chi connectivity index (χ0n) is 10.3. The first-order valence-electron chi connectivity index (χ1n) is 5.74. The lowest BCUT2D eigenvalue weighted by atomic mass is 10.3. The van der Waals surface area contributed by atoms with E-state index in [4.69, 9.17) is 4.74 Å². The van der Waals surface area contributed by atoms with E-state index in [1.807, 2.05) is 27.7 Å². The maximum absolute atomic E-state index is 11.5. The van der Waals surface area contributed by atoms with Gasteiger partial charge in [-0.25, -0.2) is 0 Å². The summed E-state index contributed by atoms with van der Waals surface area (Å²) < 4.78 is 5.36. The Morgan fingerprint density at radius 1 is 1.33 bits per heavy atom. The van der Waals surface area contributed by atoms with Crippen molar-refractivity contribution in [3.8, 4) is 0 Å². The van der Waals surface area contributed by atoms with Crippen LogP contribution in [0.15, 0.2) is 0 Å². The van der Waals surface area contributed by atoms with Crippen LogP contribution in [0.25, 0.3) is 0 Å². The standard InChI is InChI=1S/C11H24N2O2/c1-5-7-12-11(14)10(4)13-8-9(3)15-6-2/h9-10,13H,5-8H2,1-4H3,(H,12,14). The summed E-state index contributed by atoms with van der Waals surface area (Å²) in [6, 6.07) is -0.153. The van der Waals surface area contributed by atoms with E-state index in [1.54, 1.807) is 0 Å². The lowest BCUT2D eigenvalue weighted by Crippen LogP contribution is -2.44. The highest BCUT2D eigenvalue weighted by Crippen LogP contribution is 1.90. The van der Waals surface area contributed by atoms with E-state index in [0.717, 1.165) is 13.0 Å². The SMILES string of the molecule is CCCNC(=O)C(C)NCC(C)OCC. The highest BCUT2D eigenvalue weighted by atomic mass is 16.5. The van der Waals surface area contributed by atoms with Crippen molar-refractivity contribution in [3.63, 3.8) is 0 Å². The number of hydrogen-bond acceptors (Lipinski definition) is 3. The molecule has 0 aliphatic carbocycles. The van der Waals surface area contributed by atoms with E-state index in [0.29, 0.717) is 13.2 Å². The zero-order chi connectivity index (χ0) is 11.7. The van der Waals surface area contributed by atoms with Crippen molar-refractivity contribution in [3.05, 3.63) is 0 Å². The third-order valence-electron chi connectivity index (χ3n) is 2.11. The van der Waals surface area contributed by atoms with E-state index in [2.05, 4.69) is 10.6 Å². The monoisotopic (exact) mass is 216 g/mol. The van der Waals surface area contributed by atoms with Crippen molar-refractivity contribution >= 4 is 5.91 Å². The van der Waals surface area contributed by atoms with Crippen molar-refractivity contribution in [1.29, 1.82) is 0 Å². The van der Waals surface area contributed by atoms with Gasteiger partial charge in [-0.2, -0.15) is 0 Å². The second kappa shape index (κ2) is 8.68. The molecule has 0 spiro atoms.